The maximum atomic E-state index is 9.94. The van der Waals surface area contributed by atoms with Crippen LogP contribution in [-0.4, -0.2) is 23.5 Å². The fraction of sp³-hybridized carbons (Fsp3) is 0.769. The van der Waals surface area contributed by atoms with E-state index < -0.39 is 5.60 Å². The van der Waals surface area contributed by atoms with Crippen LogP contribution in [0, 0.1) is 12.3 Å². The molecular weight excluding hydrogens is 202 g/mol. The summed E-state index contributed by atoms with van der Waals surface area (Å²) in [7, 11) is 1.49. The third kappa shape index (κ3) is 7.30. The van der Waals surface area contributed by atoms with Crippen molar-refractivity contribution >= 4 is 5.71 Å². The second kappa shape index (κ2) is 8.18. The van der Waals surface area contributed by atoms with E-state index in [1.165, 1.54) is 7.11 Å². The highest BCUT2D eigenvalue weighted by Crippen LogP contribution is 2.19. The Balaban J connectivity index is 3.76. The van der Waals surface area contributed by atoms with Crippen molar-refractivity contribution in [1.29, 1.82) is 0 Å². The number of aliphatic hydroxyl groups is 1. The number of oxime groups is 1. The van der Waals surface area contributed by atoms with E-state index in [4.69, 9.17) is 6.42 Å². The molecule has 0 aliphatic carbocycles. The van der Waals surface area contributed by atoms with Crippen molar-refractivity contribution < 1.29 is 9.94 Å². The molecule has 0 fully saturated rings. The summed E-state index contributed by atoms with van der Waals surface area (Å²) in [5.41, 5.74) is 0.0985. The molecule has 0 saturated heterocycles. The van der Waals surface area contributed by atoms with Gasteiger partial charge in [0.2, 0.25) is 0 Å². The van der Waals surface area contributed by atoms with Gasteiger partial charge in [0.25, 0.3) is 0 Å². The predicted molar refractivity (Wildman–Crippen MR) is 67.3 cm³/mol. The molecule has 0 aliphatic heterocycles. The van der Waals surface area contributed by atoms with Crippen LogP contribution < -0.4 is 0 Å². The molecular formula is C13H23NO2. The molecule has 0 bridgehead atoms. The lowest BCUT2D eigenvalue weighted by Crippen LogP contribution is -2.23. The van der Waals surface area contributed by atoms with E-state index in [9.17, 15) is 5.11 Å². The van der Waals surface area contributed by atoms with Gasteiger partial charge < -0.3 is 9.94 Å². The zero-order valence-electron chi connectivity index (χ0n) is 10.6. The minimum absolute atomic E-state index is 0.538. The molecule has 1 unspecified atom stereocenters. The zero-order valence-corrected chi connectivity index (χ0v) is 10.6. The Bertz CT molecular complexity index is 251. The van der Waals surface area contributed by atoms with Crippen molar-refractivity contribution in [3.8, 4) is 12.3 Å². The number of terminal acetylenes is 1. The van der Waals surface area contributed by atoms with Crippen LogP contribution in [0.15, 0.2) is 5.16 Å². The quantitative estimate of drug-likeness (QED) is 0.299. The number of hydrogen-bond donors (Lipinski definition) is 1. The first-order chi connectivity index (χ1) is 7.55. The van der Waals surface area contributed by atoms with Gasteiger partial charge in [-0.3, -0.25) is 0 Å². The van der Waals surface area contributed by atoms with Crippen molar-refractivity contribution in [2.75, 3.05) is 7.11 Å². The minimum Gasteiger partial charge on any atom is -0.398 e. The molecule has 0 rings (SSSR count). The fourth-order valence-corrected chi connectivity index (χ4v) is 1.72. The van der Waals surface area contributed by atoms with Crippen molar-refractivity contribution in [2.24, 2.45) is 5.16 Å². The van der Waals surface area contributed by atoms with E-state index in [1.807, 2.05) is 6.92 Å². The van der Waals surface area contributed by atoms with Crippen molar-refractivity contribution in [3.05, 3.63) is 0 Å². The van der Waals surface area contributed by atoms with Gasteiger partial charge in [0.15, 0.2) is 0 Å². The lowest BCUT2D eigenvalue weighted by Gasteiger charge is -2.22. The second-order valence-corrected chi connectivity index (χ2v) is 4.32. The summed E-state index contributed by atoms with van der Waals surface area (Å²) < 4.78 is 0. The molecule has 3 nitrogen and oxygen atoms in total. The predicted octanol–water partition coefficient (Wildman–Crippen LogP) is 2.73. The Morgan fingerprint density at radius 1 is 1.44 bits per heavy atom. The van der Waals surface area contributed by atoms with Crippen LogP contribution in [0.25, 0.3) is 0 Å². The number of nitrogens with zero attached hydrogens (tertiary/aromatic N) is 1. The maximum Gasteiger partial charge on any atom is 0.129 e. The summed E-state index contributed by atoms with van der Waals surface area (Å²) in [4.78, 5) is 4.63. The van der Waals surface area contributed by atoms with Crippen molar-refractivity contribution in [2.45, 2.75) is 58.0 Å². The van der Waals surface area contributed by atoms with Gasteiger partial charge in [-0.1, -0.05) is 30.8 Å². The number of rotatable bonds is 8. The highest BCUT2D eigenvalue weighted by atomic mass is 16.6. The molecule has 0 saturated carbocycles. The van der Waals surface area contributed by atoms with Gasteiger partial charge in [-0.2, -0.15) is 0 Å². The summed E-state index contributed by atoms with van der Waals surface area (Å²) in [6.45, 7) is 3.97. The van der Waals surface area contributed by atoms with E-state index in [1.54, 1.807) is 0 Å². The van der Waals surface area contributed by atoms with E-state index in [0.717, 1.165) is 38.5 Å². The van der Waals surface area contributed by atoms with Gasteiger partial charge in [0, 0.05) is 6.42 Å². The summed E-state index contributed by atoms with van der Waals surface area (Å²) in [6, 6.07) is 0. The number of hydrogen-bond acceptors (Lipinski definition) is 3. The van der Waals surface area contributed by atoms with Gasteiger partial charge in [-0.05, 0) is 26.2 Å². The third-order valence-electron chi connectivity index (χ3n) is 2.54. The van der Waals surface area contributed by atoms with E-state index >= 15 is 0 Å². The molecule has 0 aromatic rings. The smallest absolute Gasteiger partial charge is 0.129 e. The van der Waals surface area contributed by atoms with Crippen LogP contribution in [-0.2, 0) is 4.84 Å². The van der Waals surface area contributed by atoms with Crippen molar-refractivity contribution in [3.63, 3.8) is 0 Å². The van der Waals surface area contributed by atoms with Gasteiger partial charge in [-0.25, -0.2) is 0 Å². The zero-order chi connectivity index (χ0) is 12.4. The van der Waals surface area contributed by atoms with Crippen LogP contribution in [0.5, 0.6) is 0 Å². The third-order valence-corrected chi connectivity index (χ3v) is 2.54. The SMILES string of the molecule is C#C/C(CCCCC(C)(O)CCC)=N\OC. The Labute approximate surface area is 98.9 Å². The molecule has 0 aromatic heterocycles. The highest BCUT2D eigenvalue weighted by Gasteiger charge is 2.17. The maximum absolute atomic E-state index is 9.94. The van der Waals surface area contributed by atoms with Crippen LogP contribution in [0.3, 0.4) is 0 Å². The first-order valence-corrected chi connectivity index (χ1v) is 5.84. The van der Waals surface area contributed by atoms with E-state index in [-0.39, 0.29) is 0 Å². The minimum atomic E-state index is -0.538. The highest BCUT2D eigenvalue weighted by molar-refractivity contribution is 5.99. The molecule has 0 radical (unpaired) electrons. The average molecular weight is 225 g/mol. The molecule has 0 heterocycles. The largest absolute Gasteiger partial charge is 0.398 e. The molecule has 0 amide bonds. The van der Waals surface area contributed by atoms with Crippen LogP contribution in [0.4, 0.5) is 0 Å². The Hall–Kier alpha value is -1.01. The Morgan fingerprint density at radius 2 is 2.12 bits per heavy atom. The first kappa shape index (κ1) is 15.0. The molecule has 92 valence electrons. The molecule has 0 aromatic carbocycles. The van der Waals surface area contributed by atoms with E-state index in [0.29, 0.717) is 5.71 Å². The molecule has 16 heavy (non-hydrogen) atoms. The second-order valence-electron chi connectivity index (χ2n) is 4.32. The fourth-order valence-electron chi connectivity index (χ4n) is 1.72. The molecule has 0 aliphatic rings. The van der Waals surface area contributed by atoms with Gasteiger partial charge in [0.05, 0.1) is 5.60 Å². The summed E-state index contributed by atoms with van der Waals surface area (Å²) in [5.74, 6) is 2.49. The normalized spacial score (nSPS) is 15.3. The van der Waals surface area contributed by atoms with Gasteiger partial charge in [-0.15, -0.1) is 6.42 Å². The topological polar surface area (TPSA) is 41.8 Å². The lowest BCUT2D eigenvalue weighted by atomic mass is 9.93. The first-order valence-electron chi connectivity index (χ1n) is 5.84. The summed E-state index contributed by atoms with van der Waals surface area (Å²) in [5, 5.41) is 13.7. The standard InChI is InChI=1S/C13H23NO2/c1-5-10-13(3,15)11-8-7-9-12(6-2)14-16-4/h2,15H,5,7-11H2,1,3-4H3/b14-12+. The molecule has 3 heteroatoms. The lowest BCUT2D eigenvalue weighted by molar-refractivity contribution is 0.0389. The average Bonchev–Trinajstić information content (AvgIpc) is 2.22. The summed E-state index contributed by atoms with van der Waals surface area (Å²) in [6.07, 6.45) is 10.6. The van der Waals surface area contributed by atoms with Crippen LogP contribution >= 0.6 is 0 Å². The van der Waals surface area contributed by atoms with Crippen LogP contribution in [0.1, 0.15) is 52.4 Å². The summed E-state index contributed by atoms with van der Waals surface area (Å²) >= 11 is 0. The Morgan fingerprint density at radius 3 is 2.62 bits per heavy atom. The monoisotopic (exact) mass is 225 g/mol. The molecule has 1 N–H and O–H groups in total. The van der Waals surface area contributed by atoms with E-state index in [2.05, 4.69) is 22.8 Å². The van der Waals surface area contributed by atoms with Crippen LogP contribution in [0.2, 0.25) is 0 Å². The Kier molecular flexibility index (Phi) is 7.66. The van der Waals surface area contributed by atoms with Crippen molar-refractivity contribution in [1.82, 2.24) is 0 Å². The molecule has 0 spiro atoms. The molecule has 1 atom stereocenters. The van der Waals surface area contributed by atoms with Gasteiger partial charge in [0.1, 0.15) is 12.8 Å². The number of unbranched alkanes of at least 4 members (excludes halogenated alkanes) is 1. The van der Waals surface area contributed by atoms with Gasteiger partial charge >= 0.3 is 0 Å².